The number of benzene rings is 1. The van der Waals surface area contributed by atoms with Crippen LogP contribution in [-0.4, -0.2) is 40.5 Å². The highest BCUT2D eigenvalue weighted by molar-refractivity contribution is 5.43. The molecule has 1 aromatic rings. The molecule has 0 aliphatic carbocycles. The maximum atomic E-state index is 10.9. The fraction of sp³-hybridized carbons (Fsp3) is 0.500. The van der Waals surface area contributed by atoms with Gasteiger partial charge in [0.05, 0.1) is 30.3 Å². The predicted molar refractivity (Wildman–Crippen MR) is 66.6 cm³/mol. The zero-order valence-electron chi connectivity index (χ0n) is 10.5. The van der Waals surface area contributed by atoms with Crippen LogP contribution in [0.1, 0.15) is 17.4 Å². The second-order valence-electron chi connectivity index (χ2n) is 4.73. The van der Waals surface area contributed by atoms with Crippen molar-refractivity contribution >= 4 is 5.69 Å². The molecule has 1 atom stereocenters. The summed E-state index contributed by atoms with van der Waals surface area (Å²) in [5.41, 5.74) is 0.293. The first-order valence-electron chi connectivity index (χ1n) is 5.87. The van der Waals surface area contributed by atoms with E-state index >= 15 is 0 Å². The van der Waals surface area contributed by atoms with Crippen molar-refractivity contribution in [3.8, 4) is 0 Å². The molecule has 7 heteroatoms. The number of rotatable bonds is 4. The standard InChI is InChI=1S/C12H16N2O5/c1-8-2-3-9(4-10(8)14(17)18)11-13-12(5-15,6-16)7-19-11/h2-4,11,13,15-16H,5-7H2,1H3. The molecule has 0 saturated carbocycles. The van der Waals surface area contributed by atoms with E-state index in [1.807, 2.05) is 0 Å². The normalized spacial score (nSPS) is 21.5. The molecule has 1 saturated heterocycles. The Morgan fingerprint density at radius 3 is 2.74 bits per heavy atom. The summed E-state index contributed by atoms with van der Waals surface area (Å²) in [6, 6.07) is 4.82. The van der Waals surface area contributed by atoms with Crippen LogP contribution in [0.3, 0.4) is 0 Å². The van der Waals surface area contributed by atoms with Gasteiger partial charge in [-0.25, -0.2) is 0 Å². The highest BCUT2D eigenvalue weighted by Crippen LogP contribution is 2.29. The van der Waals surface area contributed by atoms with Gasteiger partial charge in [-0.1, -0.05) is 12.1 Å². The zero-order chi connectivity index (χ0) is 14.0. The minimum atomic E-state index is -0.898. The molecule has 0 amide bonds. The number of aryl methyl sites for hydroxylation is 1. The number of aliphatic hydroxyl groups is 2. The van der Waals surface area contributed by atoms with Crippen molar-refractivity contribution in [2.45, 2.75) is 18.7 Å². The molecule has 1 fully saturated rings. The topological polar surface area (TPSA) is 105 Å². The van der Waals surface area contributed by atoms with Gasteiger partial charge in [0.15, 0.2) is 0 Å². The van der Waals surface area contributed by atoms with Crippen molar-refractivity contribution in [2.75, 3.05) is 19.8 Å². The third-order valence-corrected chi connectivity index (χ3v) is 3.30. The first kappa shape index (κ1) is 13.9. The van der Waals surface area contributed by atoms with Crippen LogP contribution in [0, 0.1) is 17.0 Å². The van der Waals surface area contributed by atoms with Gasteiger partial charge in [-0.15, -0.1) is 0 Å². The molecule has 1 aliphatic rings. The Kier molecular flexibility index (Phi) is 3.81. The van der Waals surface area contributed by atoms with Crippen molar-refractivity contribution in [1.82, 2.24) is 5.32 Å². The fourth-order valence-electron chi connectivity index (χ4n) is 2.00. The largest absolute Gasteiger partial charge is 0.394 e. The number of nitrogens with zero attached hydrogens (tertiary/aromatic N) is 1. The van der Waals surface area contributed by atoms with Crippen LogP contribution < -0.4 is 5.32 Å². The summed E-state index contributed by atoms with van der Waals surface area (Å²) in [5.74, 6) is 0. The maximum absolute atomic E-state index is 10.9. The maximum Gasteiger partial charge on any atom is 0.272 e. The Morgan fingerprint density at radius 1 is 1.53 bits per heavy atom. The van der Waals surface area contributed by atoms with Gasteiger partial charge in [0, 0.05) is 17.2 Å². The molecule has 0 bridgehead atoms. The highest BCUT2D eigenvalue weighted by atomic mass is 16.6. The lowest BCUT2D eigenvalue weighted by Crippen LogP contribution is -2.49. The van der Waals surface area contributed by atoms with Gasteiger partial charge in [0.2, 0.25) is 0 Å². The summed E-state index contributed by atoms with van der Waals surface area (Å²) in [6.07, 6.45) is -0.571. The van der Waals surface area contributed by atoms with Gasteiger partial charge < -0.3 is 14.9 Å². The van der Waals surface area contributed by atoms with Crippen molar-refractivity contribution in [1.29, 1.82) is 0 Å². The van der Waals surface area contributed by atoms with Crippen LogP contribution in [-0.2, 0) is 4.74 Å². The minimum absolute atomic E-state index is 0.0217. The van der Waals surface area contributed by atoms with Crippen LogP contribution in [0.4, 0.5) is 5.69 Å². The Morgan fingerprint density at radius 2 is 2.21 bits per heavy atom. The molecule has 0 radical (unpaired) electrons. The molecule has 2 rings (SSSR count). The number of aliphatic hydroxyl groups excluding tert-OH is 2. The fourth-order valence-corrected chi connectivity index (χ4v) is 2.00. The molecular weight excluding hydrogens is 252 g/mol. The van der Waals surface area contributed by atoms with Gasteiger partial charge in [-0.2, -0.15) is 0 Å². The van der Waals surface area contributed by atoms with Gasteiger partial charge in [0.25, 0.3) is 5.69 Å². The number of hydrogen-bond donors (Lipinski definition) is 3. The predicted octanol–water partition coefficient (Wildman–Crippen LogP) is 0.245. The van der Waals surface area contributed by atoms with E-state index in [4.69, 9.17) is 4.74 Å². The summed E-state index contributed by atoms with van der Waals surface area (Å²) < 4.78 is 5.46. The van der Waals surface area contributed by atoms with E-state index in [1.165, 1.54) is 6.07 Å². The lowest BCUT2D eigenvalue weighted by atomic mass is 10.0. The van der Waals surface area contributed by atoms with Crippen molar-refractivity contribution in [3.63, 3.8) is 0 Å². The third kappa shape index (κ3) is 2.59. The Balaban J connectivity index is 2.25. The third-order valence-electron chi connectivity index (χ3n) is 3.30. The molecular formula is C12H16N2O5. The number of ether oxygens (including phenoxy) is 1. The van der Waals surface area contributed by atoms with E-state index < -0.39 is 16.7 Å². The summed E-state index contributed by atoms with van der Waals surface area (Å²) >= 11 is 0. The average molecular weight is 268 g/mol. The lowest BCUT2D eigenvalue weighted by molar-refractivity contribution is -0.385. The van der Waals surface area contributed by atoms with Crippen molar-refractivity contribution < 1.29 is 19.9 Å². The smallest absolute Gasteiger partial charge is 0.272 e. The average Bonchev–Trinajstić information content (AvgIpc) is 2.84. The van der Waals surface area contributed by atoms with Crippen LogP contribution in [0.15, 0.2) is 18.2 Å². The van der Waals surface area contributed by atoms with E-state index in [2.05, 4.69) is 5.32 Å². The van der Waals surface area contributed by atoms with Crippen LogP contribution in [0.25, 0.3) is 0 Å². The molecule has 1 aromatic carbocycles. The molecule has 7 nitrogen and oxygen atoms in total. The number of nitro benzene ring substituents is 1. The summed E-state index contributed by atoms with van der Waals surface area (Å²) in [4.78, 5) is 10.4. The van der Waals surface area contributed by atoms with Crippen LogP contribution >= 0.6 is 0 Å². The van der Waals surface area contributed by atoms with Gasteiger partial charge >= 0.3 is 0 Å². The Hall–Kier alpha value is -1.54. The monoisotopic (exact) mass is 268 g/mol. The lowest BCUT2D eigenvalue weighted by Gasteiger charge is -2.23. The van der Waals surface area contributed by atoms with E-state index in [1.54, 1.807) is 19.1 Å². The number of nitro groups is 1. The van der Waals surface area contributed by atoms with E-state index in [0.29, 0.717) is 11.1 Å². The van der Waals surface area contributed by atoms with Gasteiger partial charge in [-0.3, -0.25) is 15.4 Å². The summed E-state index contributed by atoms with van der Waals surface area (Å²) in [7, 11) is 0. The quantitative estimate of drug-likeness (QED) is 0.534. The molecule has 1 heterocycles. The van der Waals surface area contributed by atoms with E-state index in [-0.39, 0.29) is 25.5 Å². The number of nitrogens with one attached hydrogen (secondary N) is 1. The molecule has 1 unspecified atom stereocenters. The first-order valence-corrected chi connectivity index (χ1v) is 5.87. The molecule has 1 aliphatic heterocycles. The summed E-state index contributed by atoms with van der Waals surface area (Å²) in [5, 5.41) is 32.4. The first-order chi connectivity index (χ1) is 9.01. The van der Waals surface area contributed by atoms with Gasteiger partial charge in [0.1, 0.15) is 6.23 Å². The van der Waals surface area contributed by atoms with E-state index in [0.717, 1.165) is 0 Å². The molecule has 104 valence electrons. The molecule has 0 aromatic heterocycles. The Labute approximate surface area is 110 Å². The highest BCUT2D eigenvalue weighted by Gasteiger charge is 2.39. The van der Waals surface area contributed by atoms with Gasteiger partial charge in [-0.05, 0) is 6.92 Å². The molecule has 3 N–H and O–H groups in total. The SMILES string of the molecule is Cc1ccc(C2NC(CO)(CO)CO2)cc1[N+](=O)[O-]. The van der Waals surface area contributed by atoms with Crippen LogP contribution in [0.2, 0.25) is 0 Å². The van der Waals surface area contributed by atoms with Crippen molar-refractivity contribution in [2.24, 2.45) is 0 Å². The second kappa shape index (κ2) is 5.22. The zero-order valence-corrected chi connectivity index (χ0v) is 10.5. The Bertz CT molecular complexity index is 487. The van der Waals surface area contributed by atoms with E-state index in [9.17, 15) is 20.3 Å². The van der Waals surface area contributed by atoms with Crippen LogP contribution in [0.5, 0.6) is 0 Å². The minimum Gasteiger partial charge on any atom is -0.394 e. The number of hydrogen-bond acceptors (Lipinski definition) is 6. The summed E-state index contributed by atoms with van der Waals surface area (Å²) in [6.45, 7) is 1.27. The molecule has 19 heavy (non-hydrogen) atoms. The van der Waals surface area contributed by atoms with Crippen molar-refractivity contribution in [3.05, 3.63) is 39.4 Å². The molecule has 0 spiro atoms. The second-order valence-corrected chi connectivity index (χ2v) is 4.73.